The molecule has 0 aliphatic rings. The van der Waals surface area contributed by atoms with E-state index in [9.17, 15) is 0 Å². The molecule has 0 atom stereocenters. The van der Waals surface area contributed by atoms with Crippen LogP contribution in [-0.2, 0) is 0 Å². The third-order valence-electron chi connectivity index (χ3n) is 0. The van der Waals surface area contributed by atoms with Crippen LogP contribution in [0.15, 0.2) is 0 Å². The third kappa shape index (κ3) is 783. The molecular weight excluding hydrogens is 248 g/mol. The van der Waals surface area contributed by atoms with Crippen molar-refractivity contribution in [2.45, 2.75) is 0 Å². The first-order valence-corrected chi connectivity index (χ1v) is 0.167. The van der Waals surface area contributed by atoms with Gasteiger partial charge in [0, 0.05) is 0 Å². The monoisotopic (exact) mass is 264 g/mol. The van der Waals surface area contributed by atoms with Crippen molar-refractivity contribution >= 4 is 45.5 Å². The van der Waals surface area contributed by atoms with Gasteiger partial charge in [0.25, 0.3) is 0 Å². The summed E-state index contributed by atoms with van der Waals surface area (Å²) in [5.41, 5.74) is 0. The van der Waals surface area contributed by atoms with E-state index >= 15 is 0 Å². The molecule has 11 heavy (non-hydrogen) atoms. The summed E-state index contributed by atoms with van der Waals surface area (Å²) in [5.74, 6) is 0. The van der Waals surface area contributed by atoms with Crippen LogP contribution in [0.1, 0.15) is 0 Å². The van der Waals surface area contributed by atoms with E-state index in [0.29, 0.717) is 0 Å². The van der Waals surface area contributed by atoms with Crippen LogP contribution >= 0.6 is 0 Å². The van der Waals surface area contributed by atoms with Gasteiger partial charge < -0.3 is 54.3 Å². The topological polar surface area (TPSA) is 298 Å². The maximum absolute atomic E-state index is 7.00. The predicted molar refractivity (Wildman–Crippen MR) is 34.7 cm³/mol. The Bertz CT molecular complexity index is 4.83. The van der Waals surface area contributed by atoms with Crippen LogP contribution in [0.3, 0.4) is 0 Å². The van der Waals surface area contributed by atoms with Crippen molar-refractivity contribution in [2.75, 3.05) is 0 Å². The van der Waals surface area contributed by atoms with Gasteiger partial charge in [0.15, 0.2) is 0 Å². The van der Waals surface area contributed by atoms with Crippen molar-refractivity contribution in [1.29, 1.82) is 0 Å². The van der Waals surface area contributed by atoms with Crippen LogP contribution in [0.5, 0.6) is 0 Å². The van der Waals surface area contributed by atoms with Gasteiger partial charge in [0.1, 0.15) is 0 Å². The van der Waals surface area contributed by atoms with Crippen LogP contribution in [0.2, 0.25) is 0 Å². The molecule has 0 spiro atoms. The van der Waals surface area contributed by atoms with E-state index in [4.69, 9.17) is 10.5 Å². The molecule has 0 fully saturated rings. The largest absolute Gasteiger partial charge is 2.00 e. The van der Waals surface area contributed by atoms with Gasteiger partial charge in [-0.1, -0.05) is 0 Å². The second kappa shape index (κ2) is 964. The summed E-state index contributed by atoms with van der Waals surface area (Å²) in [7, 11) is 0. The Hall–Kier alpha value is 1.08. The minimum atomic E-state index is 0. The molecule has 0 aromatic rings. The average Bonchev–Trinajstić information content (AvgIpc) is 1.00. The molecule has 0 bridgehead atoms. The first-order valence-electron chi connectivity index (χ1n) is 0.167. The van der Waals surface area contributed by atoms with Crippen molar-refractivity contribution in [3.63, 3.8) is 0 Å². The fourth-order valence-electron chi connectivity index (χ4n) is 0. The van der Waals surface area contributed by atoms with Crippen LogP contribution in [-0.4, -0.2) is 89.3 Å². The van der Waals surface area contributed by atoms with Gasteiger partial charge in [-0.15, -0.1) is 0 Å². The maximum Gasteiger partial charge on any atom is 2.00 e. The van der Waals surface area contributed by atoms with E-state index in [1.54, 1.807) is 0 Å². The van der Waals surface area contributed by atoms with Gasteiger partial charge in [0.2, 0.25) is 0 Å². The summed E-state index contributed by atoms with van der Waals surface area (Å²) >= 11 is 0. The fraction of sp³-hybridized carbons (Fsp3) is 0. The molecule has 0 radical (unpaired) electrons. The Balaban J connectivity index is -0.000000000139. The van der Waals surface area contributed by atoms with E-state index in [2.05, 4.69) is 0 Å². The van der Waals surface area contributed by atoms with E-state index in [-0.39, 0.29) is 89.3 Å². The van der Waals surface area contributed by atoms with Crippen molar-refractivity contribution in [1.82, 2.24) is 0 Å². The smallest absolute Gasteiger partial charge is 1.00 e. The van der Waals surface area contributed by atoms with Gasteiger partial charge in [-0.3, -0.25) is 0 Å². The van der Waals surface area contributed by atoms with Gasteiger partial charge >= 0.3 is 45.5 Å². The maximum atomic E-state index is 7.00. The second-order valence-electron chi connectivity index (χ2n) is 0. The second-order valence-corrected chi connectivity index (χ2v) is 0. The van der Waals surface area contributed by atoms with Crippen molar-refractivity contribution < 1.29 is 54.3 Å². The van der Waals surface area contributed by atoms with Gasteiger partial charge in [0.05, 0.1) is 0 Å². The van der Waals surface area contributed by atoms with Crippen LogP contribution in [0.25, 0.3) is 0 Å². The molecular formula is H16O10Sr. The standard InChI is InChI=1S/O2.8H2O.Sr/c1-2;;;;;;;;;/h;8*1H2;/q-2;;;;;;;;;+2. The van der Waals surface area contributed by atoms with Gasteiger partial charge in [-0.2, -0.15) is 0 Å². The zero-order valence-corrected chi connectivity index (χ0v) is 9.00. The molecule has 78 valence electrons. The van der Waals surface area contributed by atoms with Crippen molar-refractivity contribution in [3.05, 3.63) is 0 Å². The van der Waals surface area contributed by atoms with Crippen molar-refractivity contribution in [3.8, 4) is 0 Å². The molecule has 0 saturated heterocycles. The minimum absolute atomic E-state index is 0. The number of rotatable bonds is 0. The van der Waals surface area contributed by atoms with E-state index in [1.165, 1.54) is 0 Å². The summed E-state index contributed by atoms with van der Waals surface area (Å²) < 4.78 is 0. The summed E-state index contributed by atoms with van der Waals surface area (Å²) in [5, 5.41) is 14.0. The molecule has 0 rings (SSSR count). The quantitative estimate of drug-likeness (QED) is 0.233. The van der Waals surface area contributed by atoms with Crippen LogP contribution < -0.4 is 10.5 Å². The minimum Gasteiger partial charge on any atom is -1.00 e. The molecule has 0 aromatic heterocycles. The summed E-state index contributed by atoms with van der Waals surface area (Å²) in [4.78, 5) is 0. The molecule has 0 aromatic carbocycles. The zero-order valence-electron chi connectivity index (χ0n) is 5.52. The molecule has 10 nitrogen and oxygen atoms in total. The first-order chi connectivity index (χ1) is 1.00. The molecule has 0 aliphatic carbocycles. The molecule has 11 heteroatoms. The third-order valence-corrected chi connectivity index (χ3v) is 0. The zero-order chi connectivity index (χ0) is 2.00. The average molecular weight is 264 g/mol. The normalized spacial score (nSPS) is 0.545. The van der Waals surface area contributed by atoms with Crippen molar-refractivity contribution in [2.24, 2.45) is 0 Å². The molecule has 0 heterocycles. The van der Waals surface area contributed by atoms with Gasteiger partial charge in [-0.05, 0) is 0 Å². The molecule has 0 aliphatic heterocycles. The van der Waals surface area contributed by atoms with E-state index in [1.807, 2.05) is 0 Å². The Labute approximate surface area is 99.1 Å². The van der Waals surface area contributed by atoms with Crippen LogP contribution in [0.4, 0.5) is 0 Å². The van der Waals surface area contributed by atoms with E-state index < -0.39 is 0 Å². The number of hydrogen-bond acceptors (Lipinski definition) is 2. The molecule has 0 unspecified atom stereocenters. The number of hydrogen-bond donors (Lipinski definition) is 0. The van der Waals surface area contributed by atoms with Gasteiger partial charge in [-0.25, -0.2) is 0 Å². The SMILES string of the molecule is O.O.O.O.O.O.O.O.[O-][O-].[Sr+2]. The molecule has 0 amide bonds. The van der Waals surface area contributed by atoms with Crippen LogP contribution in [0, 0.1) is 0 Å². The summed E-state index contributed by atoms with van der Waals surface area (Å²) in [6.07, 6.45) is 0. The summed E-state index contributed by atoms with van der Waals surface area (Å²) in [6.45, 7) is 0. The predicted octanol–water partition coefficient (Wildman–Crippen LogP) is -9.36. The Kier molecular flexibility index (Phi) is 30000. The molecule has 16 N–H and O–H groups in total. The Morgan fingerprint density at radius 2 is 0.364 bits per heavy atom. The fourth-order valence-corrected chi connectivity index (χ4v) is 0. The molecule has 0 saturated carbocycles. The Morgan fingerprint density at radius 3 is 0.364 bits per heavy atom. The Morgan fingerprint density at radius 1 is 0.364 bits per heavy atom. The first kappa shape index (κ1) is 343. The van der Waals surface area contributed by atoms with E-state index in [0.717, 1.165) is 0 Å². The summed E-state index contributed by atoms with van der Waals surface area (Å²) in [6, 6.07) is 0.